The summed E-state index contributed by atoms with van der Waals surface area (Å²) >= 11 is 1.64. The van der Waals surface area contributed by atoms with Crippen LogP contribution in [0.15, 0.2) is 28.4 Å². The maximum Gasteiger partial charge on any atom is 0.254 e. The van der Waals surface area contributed by atoms with Crippen molar-refractivity contribution >= 4 is 17.0 Å². The van der Waals surface area contributed by atoms with E-state index in [0.29, 0.717) is 5.56 Å². The van der Waals surface area contributed by atoms with Crippen LogP contribution in [0.4, 0.5) is 0 Å². The minimum Gasteiger partial charge on any atom is -0.307 e. The maximum absolute atomic E-state index is 11.7. The van der Waals surface area contributed by atoms with Gasteiger partial charge in [-0.3, -0.25) is 4.79 Å². The van der Waals surface area contributed by atoms with Gasteiger partial charge in [-0.1, -0.05) is 6.07 Å². The Kier molecular flexibility index (Phi) is 2.16. The molecule has 0 spiro atoms. The second-order valence-corrected chi connectivity index (χ2v) is 4.92. The predicted octanol–water partition coefficient (Wildman–Crippen LogP) is 2.37. The summed E-state index contributed by atoms with van der Waals surface area (Å²) < 4.78 is 1.78. The highest BCUT2D eigenvalue weighted by molar-refractivity contribution is 7.13. The van der Waals surface area contributed by atoms with Crippen molar-refractivity contribution in [1.29, 1.82) is 0 Å². The molecule has 3 heterocycles. The first-order valence-corrected chi connectivity index (χ1v) is 6.18. The van der Waals surface area contributed by atoms with E-state index in [1.165, 1.54) is 0 Å². The number of aromatic nitrogens is 3. The van der Waals surface area contributed by atoms with E-state index in [2.05, 4.69) is 10.1 Å². The summed E-state index contributed by atoms with van der Waals surface area (Å²) in [4.78, 5) is 15.6. The number of hydrogen-bond acceptors (Lipinski definition) is 3. The van der Waals surface area contributed by atoms with Gasteiger partial charge in [-0.25, -0.2) is 4.52 Å². The van der Waals surface area contributed by atoms with Gasteiger partial charge in [-0.2, -0.15) is 5.10 Å². The molecule has 0 bridgehead atoms. The zero-order chi connectivity index (χ0) is 12.0. The van der Waals surface area contributed by atoms with Gasteiger partial charge in [0, 0.05) is 17.3 Å². The van der Waals surface area contributed by atoms with Crippen LogP contribution in [0.3, 0.4) is 0 Å². The lowest BCUT2D eigenvalue weighted by molar-refractivity contribution is 0.874. The average Bonchev–Trinajstić information content (AvgIpc) is 2.93. The molecular weight excluding hydrogens is 234 g/mol. The summed E-state index contributed by atoms with van der Waals surface area (Å²) in [7, 11) is 0. The first kappa shape index (κ1) is 10.3. The number of nitrogens with zero attached hydrogens (tertiary/aromatic N) is 2. The molecule has 17 heavy (non-hydrogen) atoms. The van der Waals surface area contributed by atoms with Gasteiger partial charge >= 0.3 is 0 Å². The van der Waals surface area contributed by atoms with E-state index in [4.69, 9.17) is 0 Å². The molecule has 86 valence electrons. The van der Waals surface area contributed by atoms with Gasteiger partial charge in [-0.15, -0.1) is 11.3 Å². The Labute approximate surface area is 102 Å². The zero-order valence-electron chi connectivity index (χ0n) is 9.52. The Bertz CT molecular complexity index is 737. The summed E-state index contributed by atoms with van der Waals surface area (Å²) in [5, 5.41) is 6.53. The van der Waals surface area contributed by atoms with Gasteiger partial charge in [0.25, 0.3) is 5.56 Å². The van der Waals surface area contributed by atoms with Gasteiger partial charge in [0.05, 0.1) is 4.88 Å². The van der Waals surface area contributed by atoms with Crippen molar-refractivity contribution < 1.29 is 0 Å². The minimum atomic E-state index is -0.0485. The summed E-state index contributed by atoms with van der Waals surface area (Å²) in [6, 6.07) is 5.91. The van der Waals surface area contributed by atoms with Crippen LogP contribution in [0.2, 0.25) is 0 Å². The number of fused-ring (bicyclic) bond motifs is 1. The highest BCUT2D eigenvalue weighted by Crippen LogP contribution is 2.24. The van der Waals surface area contributed by atoms with Crippen molar-refractivity contribution in [1.82, 2.24) is 14.6 Å². The highest BCUT2D eigenvalue weighted by Gasteiger charge is 2.10. The van der Waals surface area contributed by atoms with E-state index < -0.39 is 0 Å². The molecule has 0 radical (unpaired) electrons. The molecule has 0 fully saturated rings. The molecule has 0 unspecified atom stereocenters. The molecule has 0 saturated heterocycles. The van der Waals surface area contributed by atoms with Crippen LogP contribution in [-0.4, -0.2) is 14.6 Å². The summed E-state index contributed by atoms with van der Waals surface area (Å²) in [5.41, 5.74) is 3.17. The standard InChI is InChI=1S/C12H11N3OS/c1-7-8(2)15-11(13-12(7)16)6-9(14-15)10-4-3-5-17-10/h3-6H,1-2H3,(H,13,16). The first-order valence-electron chi connectivity index (χ1n) is 5.30. The number of thiophene rings is 1. The van der Waals surface area contributed by atoms with Gasteiger partial charge < -0.3 is 4.98 Å². The fourth-order valence-electron chi connectivity index (χ4n) is 1.80. The smallest absolute Gasteiger partial charge is 0.254 e. The normalized spacial score (nSPS) is 11.2. The van der Waals surface area contributed by atoms with Gasteiger partial charge in [0.1, 0.15) is 11.3 Å². The fourth-order valence-corrected chi connectivity index (χ4v) is 2.49. The molecule has 0 atom stereocenters. The lowest BCUT2D eigenvalue weighted by Crippen LogP contribution is -2.15. The van der Waals surface area contributed by atoms with Crippen LogP contribution in [0.5, 0.6) is 0 Å². The Morgan fingerprint density at radius 2 is 2.24 bits per heavy atom. The molecule has 0 aliphatic carbocycles. The second-order valence-electron chi connectivity index (χ2n) is 3.97. The first-order chi connectivity index (χ1) is 8.16. The zero-order valence-corrected chi connectivity index (χ0v) is 10.3. The quantitative estimate of drug-likeness (QED) is 0.715. The Morgan fingerprint density at radius 3 is 2.94 bits per heavy atom. The molecule has 0 amide bonds. The summed E-state index contributed by atoms with van der Waals surface area (Å²) in [6.07, 6.45) is 0. The minimum absolute atomic E-state index is 0.0485. The van der Waals surface area contributed by atoms with Crippen molar-refractivity contribution in [3.8, 4) is 10.6 Å². The van der Waals surface area contributed by atoms with Crippen LogP contribution in [0.25, 0.3) is 16.2 Å². The van der Waals surface area contributed by atoms with Crippen molar-refractivity contribution in [2.45, 2.75) is 13.8 Å². The van der Waals surface area contributed by atoms with Gasteiger partial charge in [0.15, 0.2) is 0 Å². The molecule has 0 aromatic carbocycles. The van der Waals surface area contributed by atoms with Crippen LogP contribution < -0.4 is 5.56 Å². The summed E-state index contributed by atoms with van der Waals surface area (Å²) in [6.45, 7) is 3.71. The number of aromatic amines is 1. The maximum atomic E-state index is 11.7. The molecule has 0 saturated carbocycles. The molecule has 0 aliphatic rings. The third-order valence-corrected chi connectivity index (χ3v) is 3.82. The SMILES string of the molecule is Cc1c(C)n2nc(-c3cccs3)cc2[nH]c1=O. The molecule has 5 heteroatoms. The van der Waals surface area contributed by atoms with E-state index in [9.17, 15) is 4.79 Å². The van der Waals surface area contributed by atoms with Gasteiger partial charge in [0.2, 0.25) is 0 Å². The van der Waals surface area contributed by atoms with Crippen molar-refractivity contribution in [3.05, 3.63) is 45.2 Å². The number of aryl methyl sites for hydroxylation is 1. The topological polar surface area (TPSA) is 50.2 Å². The molecule has 4 nitrogen and oxygen atoms in total. The molecule has 3 rings (SSSR count). The van der Waals surface area contributed by atoms with E-state index in [1.54, 1.807) is 22.8 Å². The van der Waals surface area contributed by atoms with E-state index in [-0.39, 0.29) is 5.56 Å². The van der Waals surface area contributed by atoms with Gasteiger partial charge in [-0.05, 0) is 25.3 Å². The lowest BCUT2D eigenvalue weighted by Gasteiger charge is -2.01. The van der Waals surface area contributed by atoms with Crippen molar-refractivity contribution in [3.63, 3.8) is 0 Å². The third-order valence-electron chi connectivity index (χ3n) is 2.93. The second kappa shape index (κ2) is 3.56. The monoisotopic (exact) mass is 245 g/mol. The van der Waals surface area contributed by atoms with E-state index in [1.807, 2.05) is 30.5 Å². The third kappa shape index (κ3) is 1.51. The van der Waals surface area contributed by atoms with E-state index in [0.717, 1.165) is 21.9 Å². The fraction of sp³-hybridized carbons (Fsp3) is 0.167. The lowest BCUT2D eigenvalue weighted by atomic mass is 10.3. The van der Waals surface area contributed by atoms with Crippen molar-refractivity contribution in [2.24, 2.45) is 0 Å². The highest BCUT2D eigenvalue weighted by atomic mass is 32.1. The molecular formula is C12H11N3OS. The van der Waals surface area contributed by atoms with Crippen LogP contribution in [0.1, 0.15) is 11.3 Å². The average molecular weight is 245 g/mol. The van der Waals surface area contributed by atoms with Crippen LogP contribution in [-0.2, 0) is 0 Å². The van der Waals surface area contributed by atoms with Crippen LogP contribution in [0, 0.1) is 13.8 Å². The van der Waals surface area contributed by atoms with E-state index >= 15 is 0 Å². The molecule has 3 aromatic rings. The Morgan fingerprint density at radius 1 is 1.41 bits per heavy atom. The number of hydrogen-bond donors (Lipinski definition) is 1. The predicted molar refractivity (Wildman–Crippen MR) is 68.6 cm³/mol. The van der Waals surface area contributed by atoms with Crippen LogP contribution >= 0.6 is 11.3 Å². The van der Waals surface area contributed by atoms with Crippen molar-refractivity contribution in [2.75, 3.05) is 0 Å². The molecule has 0 aliphatic heterocycles. The largest absolute Gasteiger partial charge is 0.307 e. The Hall–Kier alpha value is -1.88. The summed E-state index contributed by atoms with van der Waals surface area (Å²) in [5.74, 6) is 0. The molecule has 1 N–H and O–H groups in total. The number of H-pyrrole nitrogens is 1. The Balaban J connectivity index is 2.34. The molecule has 3 aromatic heterocycles. The number of rotatable bonds is 1. The number of nitrogens with one attached hydrogen (secondary N) is 1.